The van der Waals surface area contributed by atoms with Crippen LogP contribution in [0.1, 0.15) is 12.5 Å². The van der Waals surface area contributed by atoms with Crippen molar-refractivity contribution in [2.75, 3.05) is 37.7 Å². The molecule has 1 aliphatic heterocycles. The van der Waals surface area contributed by atoms with E-state index in [2.05, 4.69) is 32.0 Å². The monoisotopic (exact) mass is 486 g/mol. The maximum Gasteiger partial charge on any atom is 0.341 e. The van der Waals surface area contributed by atoms with Crippen molar-refractivity contribution in [2.45, 2.75) is 26.4 Å². The highest BCUT2D eigenvalue weighted by Gasteiger charge is 2.24. The third-order valence-electron chi connectivity index (χ3n) is 5.41. The van der Waals surface area contributed by atoms with Gasteiger partial charge in [-0.25, -0.2) is 4.79 Å². The first-order valence-corrected chi connectivity index (χ1v) is 10.8. The number of anilines is 1. The fourth-order valence-corrected chi connectivity index (χ4v) is 3.82. The largest absolute Gasteiger partial charge is 0.479 e. The highest BCUT2D eigenvalue weighted by Crippen LogP contribution is 2.22. The Balaban J connectivity index is 0.00000324. The van der Waals surface area contributed by atoms with Gasteiger partial charge in [0.15, 0.2) is 17.8 Å². The van der Waals surface area contributed by atoms with E-state index in [0.29, 0.717) is 24.4 Å². The van der Waals surface area contributed by atoms with Gasteiger partial charge in [-0.05, 0) is 18.9 Å². The predicted octanol–water partition coefficient (Wildman–Crippen LogP) is 1.15. The molecule has 34 heavy (non-hydrogen) atoms. The van der Waals surface area contributed by atoms with E-state index in [9.17, 15) is 9.59 Å². The molecule has 1 aliphatic rings. The Labute approximate surface area is 203 Å². The normalized spacial score (nSPS) is 13.1. The van der Waals surface area contributed by atoms with Crippen molar-refractivity contribution in [1.29, 1.82) is 0 Å². The van der Waals surface area contributed by atoms with Crippen LogP contribution in [0.25, 0.3) is 11.2 Å². The first-order valence-electron chi connectivity index (χ1n) is 10.8. The van der Waals surface area contributed by atoms with Crippen molar-refractivity contribution in [3.8, 4) is 17.9 Å². The Morgan fingerprint density at radius 2 is 1.91 bits per heavy atom. The number of aliphatic carboxylic acids is 1. The summed E-state index contributed by atoms with van der Waals surface area (Å²) in [6.45, 7) is 4.84. The van der Waals surface area contributed by atoms with Crippen molar-refractivity contribution < 1.29 is 14.6 Å². The Morgan fingerprint density at radius 1 is 1.18 bits per heavy atom. The number of hydrogen-bond acceptors (Lipinski definition) is 7. The number of imidazole rings is 1. The molecule has 1 aromatic carbocycles. The minimum atomic E-state index is -1.15. The van der Waals surface area contributed by atoms with Crippen molar-refractivity contribution in [1.82, 2.24) is 24.4 Å². The fraction of sp³-hybridized carbons (Fsp3) is 0.391. The average Bonchev–Trinajstić information content (AvgIpc) is 3.20. The van der Waals surface area contributed by atoms with Gasteiger partial charge in [0.1, 0.15) is 0 Å². The summed E-state index contributed by atoms with van der Waals surface area (Å²) in [6.07, 6.45) is 0.560. The molecule has 3 heterocycles. The lowest BCUT2D eigenvalue weighted by molar-refractivity contribution is -0.139. The summed E-state index contributed by atoms with van der Waals surface area (Å²) < 4.78 is 8.59. The lowest BCUT2D eigenvalue weighted by Crippen LogP contribution is -2.44. The van der Waals surface area contributed by atoms with E-state index in [0.717, 1.165) is 31.7 Å². The number of halogens is 1. The molecule has 0 unspecified atom stereocenters. The second-order valence-corrected chi connectivity index (χ2v) is 7.60. The van der Waals surface area contributed by atoms with Gasteiger partial charge < -0.3 is 20.1 Å². The topological polar surface area (TPSA) is 115 Å². The van der Waals surface area contributed by atoms with Gasteiger partial charge in [0.05, 0.1) is 6.54 Å². The Bertz CT molecular complexity index is 1260. The Kier molecular flexibility index (Phi) is 8.51. The number of ether oxygens (including phenoxy) is 1. The predicted molar refractivity (Wildman–Crippen MR) is 131 cm³/mol. The minimum absolute atomic E-state index is 0. The molecule has 180 valence electrons. The maximum atomic E-state index is 13.7. The summed E-state index contributed by atoms with van der Waals surface area (Å²) in [7, 11) is 0. The number of piperazine rings is 1. The zero-order chi connectivity index (χ0) is 23.2. The molecule has 2 N–H and O–H groups in total. The molecule has 0 aliphatic carbocycles. The number of aromatic nitrogens is 4. The summed E-state index contributed by atoms with van der Waals surface area (Å²) in [6, 6.07) is 9.68. The molecule has 0 spiro atoms. The number of nitrogens with one attached hydrogen (secondary N) is 1. The zero-order valence-electron chi connectivity index (χ0n) is 18.9. The van der Waals surface area contributed by atoms with Crippen LogP contribution in [0.3, 0.4) is 0 Å². The van der Waals surface area contributed by atoms with Crippen molar-refractivity contribution in [3.05, 3.63) is 46.2 Å². The second-order valence-electron chi connectivity index (χ2n) is 7.60. The first kappa shape index (κ1) is 25.1. The van der Waals surface area contributed by atoms with E-state index in [1.807, 2.05) is 30.3 Å². The van der Waals surface area contributed by atoms with E-state index in [1.165, 1.54) is 4.57 Å². The smallest absolute Gasteiger partial charge is 0.341 e. The number of rotatable bonds is 8. The average molecular weight is 487 g/mol. The van der Waals surface area contributed by atoms with E-state index < -0.39 is 12.6 Å². The van der Waals surface area contributed by atoms with E-state index in [4.69, 9.17) is 9.84 Å². The van der Waals surface area contributed by atoms with Crippen LogP contribution in [0.15, 0.2) is 35.1 Å². The van der Waals surface area contributed by atoms with E-state index >= 15 is 0 Å². The number of carboxylic acids is 1. The van der Waals surface area contributed by atoms with Crippen LogP contribution in [0.4, 0.5) is 5.95 Å². The summed E-state index contributed by atoms with van der Waals surface area (Å²) in [5.41, 5.74) is 1.27. The lowest BCUT2D eigenvalue weighted by atomic mass is 10.1. The molecule has 10 nitrogen and oxygen atoms in total. The molecule has 1 saturated heterocycles. The third kappa shape index (κ3) is 5.50. The SMILES string of the molecule is CC#CCn1c(N2CCNCC2)nc2nc(OCC(=O)O)n(CCc3ccccc3)c(=O)c21.Cl. The van der Waals surface area contributed by atoms with Gasteiger partial charge >= 0.3 is 12.0 Å². The summed E-state index contributed by atoms with van der Waals surface area (Å²) in [5, 5.41) is 12.4. The van der Waals surface area contributed by atoms with Gasteiger partial charge in [0.2, 0.25) is 5.95 Å². The third-order valence-corrected chi connectivity index (χ3v) is 5.41. The molecule has 0 atom stereocenters. The summed E-state index contributed by atoms with van der Waals surface area (Å²) in [4.78, 5) is 36.0. The molecule has 0 radical (unpaired) electrons. The quantitative estimate of drug-likeness (QED) is 0.456. The molecule has 0 saturated carbocycles. The molecule has 1 fully saturated rings. The highest BCUT2D eigenvalue weighted by atomic mass is 35.5. The molecular formula is C23H27ClN6O4. The second kappa shape index (κ2) is 11.5. The van der Waals surface area contributed by atoms with E-state index in [1.54, 1.807) is 11.5 Å². The van der Waals surface area contributed by atoms with Crippen LogP contribution >= 0.6 is 12.4 Å². The summed E-state index contributed by atoms with van der Waals surface area (Å²) >= 11 is 0. The Morgan fingerprint density at radius 3 is 2.59 bits per heavy atom. The van der Waals surface area contributed by atoms with Gasteiger partial charge in [0.25, 0.3) is 5.56 Å². The van der Waals surface area contributed by atoms with Gasteiger partial charge in [-0.1, -0.05) is 36.3 Å². The summed E-state index contributed by atoms with van der Waals surface area (Å²) in [5.74, 6) is 5.38. The fourth-order valence-electron chi connectivity index (χ4n) is 3.82. The number of aryl methyl sites for hydroxylation is 1. The Hall–Kier alpha value is -3.55. The maximum absolute atomic E-state index is 13.7. The zero-order valence-corrected chi connectivity index (χ0v) is 19.7. The molecular weight excluding hydrogens is 460 g/mol. The van der Waals surface area contributed by atoms with Crippen LogP contribution in [0.2, 0.25) is 0 Å². The minimum Gasteiger partial charge on any atom is -0.479 e. The van der Waals surface area contributed by atoms with Gasteiger partial charge in [-0.3, -0.25) is 13.9 Å². The molecule has 2 aromatic heterocycles. The number of hydrogen-bond donors (Lipinski definition) is 2. The number of fused-ring (bicyclic) bond motifs is 1. The molecule has 4 rings (SSSR count). The van der Waals surface area contributed by atoms with Crippen LogP contribution in [-0.4, -0.2) is 63.0 Å². The van der Waals surface area contributed by atoms with Gasteiger partial charge in [0, 0.05) is 32.7 Å². The van der Waals surface area contributed by atoms with E-state index in [-0.39, 0.29) is 36.2 Å². The van der Waals surface area contributed by atoms with Crippen molar-refractivity contribution in [3.63, 3.8) is 0 Å². The number of carbonyl (C=O) groups is 1. The lowest BCUT2D eigenvalue weighted by Gasteiger charge is -2.28. The van der Waals surface area contributed by atoms with Crippen molar-refractivity contribution >= 4 is 35.5 Å². The molecule has 11 heteroatoms. The van der Waals surface area contributed by atoms with Crippen molar-refractivity contribution in [2.24, 2.45) is 0 Å². The molecule has 3 aromatic rings. The van der Waals surface area contributed by atoms with Gasteiger partial charge in [-0.15, -0.1) is 18.3 Å². The van der Waals surface area contributed by atoms with Gasteiger partial charge in [-0.2, -0.15) is 9.97 Å². The number of benzene rings is 1. The van der Waals surface area contributed by atoms with Crippen LogP contribution < -0.4 is 20.5 Å². The highest BCUT2D eigenvalue weighted by molar-refractivity contribution is 5.85. The standard InChI is InChI=1S/C23H26N6O4.ClH/c1-2-3-12-28-19-20(25-22(28)27-14-10-24-11-15-27)26-23(33-16-18(30)31)29(21(19)32)13-9-17-7-5-4-6-8-17;/h4-8,24H,9-16H2,1H3,(H,30,31);1H. The number of nitrogens with zero attached hydrogens (tertiary/aromatic N) is 5. The van der Waals surface area contributed by atoms with Crippen LogP contribution in [0.5, 0.6) is 6.01 Å². The number of carboxylic acid groups (broad SMARTS) is 1. The molecule has 0 amide bonds. The van der Waals surface area contributed by atoms with Crippen LogP contribution in [-0.2, 0) is 24.3 Å². The first-order chi connectivity index (χ1) is 16.1. The molecule has 0 bridgehead atoms. The van der Waals surface area contributed by atoms with Crippen LogP contribution in [0, 0.1) is 11.8 Å².